The Bertz CT molecular complexity index is 901. The van der Waals surface area contributed by atoms with Crippen LogP contribution in [0.15, 0.2) is 52.7 Å². The van der Waals surface area contributed by atoms with Gasteiger partial charge in [0.2, 0.25) is 5.88 Å². The number of nitrogens with one attached hydrogen (secondary N) is 1. The lowest BCUT2D eigenvalue weighted by Crippen LogP contribution is -1.97. The fourth-order valence-electron chi connectivity index (χ4n) is 2.18. The Hall–Kier alpha value is -2.86. The predicted molar refractivity (Wildman–Crippen MR) is 86.3 cm³/mol. The summed E-state index contributed by atoms with van der Waals surface area (Å²) in [6.07, 6.45) is 0.0493. The minimum absolute atomic E-state index is 0.0493. The molecule has 23 heavy (non-hydrogen) atoms. The van der Waals surface area contributed by atoms with Gasteiger partial charge in [-0.05, 0) is 23.8 Å². The van der Waals surface area contributed by atoms with E-state index in [1.165, 1.54) is 12.1 Å². The van der Waals surface area contributed by atoms with Crippen LogP contribution in [0.1, 0.15) is 5.56 Å². The quantitative estimate of drug-likeness (QED) is 0.631. The third-order valence-corrected chi connectivity index (χ3v) is 3.60. The zero-order valence-electron chi connectivity index (χ0n) is 11.8. The molecule has 3 rings (SSSR count). The second kappa shape index (κ2) is 6.10. The molecular weight excluding hydrogens is 318 g/mol. The molecule has 1 heterocycles. The summed E-state index contributed by atoms with van der Waals surface area (Å²) in [6, 6.07) is 11.4. The molecule has 1 amide bonds. The Kier molecular flexibility index (Phi) is 3.99. The summed E-state index contributed by atoms with van der Waals surface area (Å²) < 4.78 is 0. The normalized spacial score (nSPS) is 11.3. The number of carbonyl (C=O) groups is 1. The number of aromatic amines is 1. The highest BCUT2D eigenvalue weighted by Crippen LogP contribution is 2.38. The van der Waals surface area contributed by atoms with Crippen LogP contribution in [0.2, 0.25) is 5.02 Å². The number of aromatic hydroxyl groups is 2. The molecule has 0 atom stereocenters. The zero-order valence-corrected chi connectivity index (χ0v) is 12.6. The van der Waals surface area contributed by atoms with Crippen LogP contribution in [0, 0.1) is 0 Å². The second-order valence-corrected chi connectivity index (χ2v) is 5.33. The predicted octanol–water partition coefficient (Wildman–Crippen LogP) is 4.09. The summed E-state index contributed by atoms with van der Waals surface area (Å²) in [4.78, 5) is 14.6. The van der Waals surface area contributed by atoms with E-state index < -0.39 is 5.91 Å². The highest BCUT2D eigenvalue weighted by Gasteiger charge is 2.13. The molecule has 0 unspecified atom stereocenters. The van der Waals surface area contributed by atoms with Gasteiger partial charge in [0.05, 0.1) is 17.0 Å². The molecule has 0 saturated heterocycles. The molecule has 116 valence electrons. The summed E-state index contributed by atoms with van der Waals surface area (Å²) >= 11 is 6.02. The van der Waals surface area contributed by atoms with Gasteiger partial charge in [-0.25, -0.2) is 0 Å². The molecule has 7 heteroatoms. The Morgan fingerprint density at radius 2 is 1.87 bits per heavy atom. The van der Waals surface area contributed by atoms with Gasteiger partial charge in [0.25, 0.3) is 5.91 Å². The Labute approximate surface area is 136 Å². The molecule has 0 aliphatic rings. The van der Waals surface area contributed by atoms with Crippen molar-refractivity contribution < 1.29 is 15.0 Å². The average Bonchev–Trinajstić information content (AvgIpc) is 2.85. The van der Waals surface area contributed by atoms with Crippen molar-refractivity contribution in [2.75, 3.05) is 0 Å². The number of halogens is 1. The number of phenolic OH excluding ortho intramolecular Hbond substituents is 1. The monoisotopic (exact) mass is 329 g/mol. The number of para-hydroxylation sites is 1. The summed E-state index contributed by atoms with van der Waals surface area (Å²) in [5.41, 5.74) is 1.41. The number of H-pyrrole nitrogens is 1. The van der Waals surface area contributed by atoms with Gasteiger partial charge in [-0.15, -0.1) is 10.2 Å². The van der Waals surface area contributed by atoms with Gasteiger partial charge in [-0.1, -0.05) is 35.9 Å². The van der Waals surface area contributed by atoms with Crippen LogP contribution in [0.5, 0.6) is 11.6 Å². The van der Waals surface area contributed by atoms with E-state index in [-0.39, 0.29) is 23.7 Å². The van der Waals surface area contributed by atoms with Gasteiger partial charge in [0.1, 0.15) is 5.75 Å². The maximum Gasteiger partial charge on any atom is 0.269 e. The van der Waals surface area contributed by atoms with E-state index in [0.29, 0.717) is 21.5 Å². The molecule has 2 aromatic carbocycles. The number of aromatic nitrogens is 1. The number of azo groups is 1. The number of nitrogens with zero attached hydrogens (tertiary/aromatic N) is 2. The first-order valence-electron chi connectivity index (χ1n) is 6.76. The van der Waals surface area contributed by atoms with Gasteiger partial charge in [0, 0.05) is 5.39 Å². The molecule has 1 aromatic heterocycles. The number of hydrogen-bond donors (Lipinski definition) is 3. The van der Waals surface area contributed by atoms with E-state index in [1.54, 1.807) is 30.3 Å². The van der Waals surface area contributed by atoms with E-state index in [2.05, 4.69) is 15.2 Å². The van der Waals surface area contributed by atoms with Gasteiger partial charge < -0.3 is 15.2 Å². The number of amides is 1. The minimum atomic E-state index is -0.466. The minimum Gasteiger partial charge on any atom is -0.508 e. The largest absolute Gasteiger partial charge is 0.508 e. The van der Waals surface area contributed by atoms with Crippen LogP contribution in [-0.4, -0.2) is 21.1 Å². The standard InChI is InChI=1S/C16H12ClN3O3/c17-12-3-1-2-11-14(12)18-16(23)15(11)20-19-13(22)8-9-4-6-10(21)7-5-9/h1-7,18,21,23H,8H2. The summed E-state index contributed by atoms with van der Waals surface area (Å²) in [5, 5.41) is 27.6. The fraction of sp³-hybridized carbons (Fsp3) is 0.0625. The van der Waals surface area contributed by atoms with Crippen LogP contribution >= 0.6 is 11.6 Å². The molecule has 0 saturated carbocycles. The summed E-state index contributed by atoms with van der Waals surface area (Å²) in [5.74, 6) is -0.538. The smallest absolute Gasteiger partial charge is 0.269 e. The van der Waals surface area contributed by atoms with Gasteiger partial charge in [0.15, 0.2) is 5.69 Å². The molecule has 3 N–H and O–H groups in total. The van der Waals surface area contributed by atoms with Crippen LogP contribution in [-0.2, 0) is 11.2 Å². The first-order valence-corrected chi connectivity index (χ1v) is 7.14. The molecule has 0 radical (unpaired) electrons. The van der Waals surface area contributed by atoms with E-state index in [4.69, 9.17) is 11.6 Å². The summed E-state index contributed by atoms with van der Waals surface area (Å²) in [7, 11) is 0. The Morgan fingerprint density at radius 3 is 2.61 bits per heavy atom. The van der Waals surface area contributed by atoms with Crippen molar-refractivity contribution in [1.82, 2.24) is 4.98 Å². The molecule has 0 spiro atoms. The van der Waals surface area contributed by atoms with Gasteiger partial charge >= 0.3 is 0 Å². The molecule has 0 fully saturated rings. The Morgan fingerprint density at radius 1 is 1.13 bits per heavy atom. The van der Waals surface area contributed by atoms with E-state index in [1.807, 2.05) is 0 Å². The van der Waals surface area contributed by atoms with Crippen molar-refractivity contribution in [2.24, 2.45) is 10.2 Å². The van der Waals surface area contributed by atoms with Crippen LogP contribution < -0.4 is 0 Å². The zero-order chi connectivity index (χ0) is 16.4. The molecule has 3 aromatic rings. The van der Waals surface area contributed by atoms with Gasteiger partial charge in [-0.3, -0.25) is 4.79 Å². The SMILES string of the molecule is O=C(Cc1ccc(O)cc1)N=Nc1c(O)[nH]c2c(Cl)cccc12. The van der Waals surface area contributed by atoms with E-state index >= 15 is 0 Å². The first-order chi connectivity index (χ1) is 11.0. The Balaban J connectivity index is 1.82. The third kappa shape index (κ3) is 3.17. The molecule has 0 bridgehead atoms. The molecule has 6 nitrogen and oxygen atoms in total. The highest BCUT2D eigenvalue weighted by molar-refractivity contribution is 6.35. The topological polar surface area (TPSA) is 98.0 Å². The number of hydrogen-bond acceptors (Lipinski definition) is 4. The van der Waals surface area contributed by atoms with Crippen molar-refractivity contribution in [3.05, 3.63) is 53.1 Å². The fourth-order valence-corrected chi connectivity index (χ4v) is 2.41. The molecular formula is C16H12ClN3O3. The first kappa shape index (κ1) is 15.1. The van der Waals surface area contributed by atoms with Crippen LogP contribution in [0.4, 0.5) is 5.69 Å². The van der Waals surface area contributed by atoms with Gasteiger partial charge in [-0.2, -0.15) is 0 Å². The van der Waals surface area contributed by atoms with Crippen LogP contribution in [0.25, 0.3) is 10.9 Å². The third-order valence-electron chi connectivity index (χ3n) is 3.29. The maximum atomic E-state index is 11.9. The van der Waals surface area contributed by atoms with Crippen molar-refractivity contribution in [3.63, 3.8) is 0 Å². The lowest BCUT2D eigenvalue weighted by atomic mass is 10.1. The van der Waals surface area contributed by atoms with Crippen molar-refractivity contribution >= 4 is 34.1 Å². The number of fused-ring (bicyclic) bond motifs is 1. The van der Waals surface area contributed by atoms with E-state index in [9.17, 15) is 15.0 Å². The number of benzene rings is 2. The molecule has 0 aliphatic carbocycles. The van der Waals surface area contributed by atoms with Crippen molar-refractivity contribution in [2.45, 2.75) is 6.42 Å². The number of rotatable bonds is 3. The maximum absolute atomic E-state index is 11.9. The summed E-state index contributed by atoms with van der Waals surface area (Å²) in [6.45, 7) is 0. The van der Waals surface area contributed by atoms with Crippen molar-refractivity contribution in [1.29, 1.82) is 0 Å². The highest BCUT2D eigenvalue weighted by atomic mass is 35.5. The average molecular weight is 330 g/mol. The van der Waals surface area contributed by atoms with Crippen molar-refractivity contribution in [3.8, 4) is 11.6 Å². The lowest BCUT2D eigenvalue weighted by Gasteiger charge is -1.97. The van der Waals surface area contributed by atoms with E-state index in [0.717, 1.165) is 0 Å². The number of phenols is 1. The second-order valence-electron chi connectivity index (χ2n) is 4.92. The van der Waals surface area contributed by atoms with Crippen LogP contribution in [0.3, 0.4) is 0 Å². The molecule has 0 aliphatic heterocycles. The lowest BCUT2D eigenvalue weighted by molar-refractivity contribution is -0.117. The number of carbonyl (C=O) groups excluding carboxylic acids is 1.